The van der Waals surface area contributed by atoms with E-state index in [1.807, 2.05) is 0 Å². The minimum Gasteiger partial charge on any atom is -0.506 e. The number of ether oxygens (including phenoxy) is 2. The molecule has 3 N–H and O–H groups in total. The number of aliphatic hydroxyl groups excluding tert-OH is 2. The van der Waals surface area contributed by atoms with Crippen LogP contribution in [0.4, 0.5) is 5.69 Å². The Morgan fingerprint density at radius 1 is 1.16 bits per heavy atom. The lowest BCUT2D eigenvalue weighted by atomic mass is 9.87. The third-order valence-electron chi connectivity index (χ3n) is 9.23. The van der Waals surface area contributed by atoms with Crippen LogP contribution in [0.3, 0.4) is 0 Å². The van der Waals surface area contributed by atoms with E-state index in [9.17, 15) is 34.5 Å². The SMILES string of the molecule is CC=C(C)C(=O)[C@H](C)[C@@H](O)[C@@H](C)C(=O)O[C@H]1C=COC=C2C[C@@]3(SC)C(=O)N4c5c(O)cccc5[C@@H](O)[C@@]4(SC)C(=O)N3[C@@H]21. The first-order valence-corrected chi connectivity index (χ1v) is 16.6. The van der Waals surface area contributed by atoms with Crippen molar-refractivity contribution in [3.63, 3.8) is 0 Å². The van der Waals surface area contributed by atoms with Crippen LogP contribution in [0, 0.1) is 11.8 Å². The van der Waals surface area contributed by atoms with E-state index in [1.165, 1.54) is 47.5 Å². The van der Waals surface area contributed by atoms with Crippen molar-refractivity contribution >= 4 is 52.8 Å². The number of thioether (sulfide) groups is 2. The maximum absolute atomic E-state index is 14.8. The summed E-state index contributed by atoms with van der Waals surface area (Å²) in [6.45, 7) is 6.36. The molecule has 4 aliphatic heterocycles. The molecule has 0 aromatic heterocycles. The maximum Gasteiger partial charge on any atom is 0.311 e. The minimum absolute atomic E-state index is 0.0332. The summed E-state index contributed by atoms with van der Waals surface area (Å²) < 4.78 is 11.5. The Kier molecular flexibility index (Phi) is 8.47. The molecule has 8 atom stereocenters. The highest BCUT2D eigenvalue weighted by Gasteiger charge is 2.74. The van der Waals surface area contributed by atoms with Gasteiger partial charge in [0.25, 0.3) is 11.8 Å². The highest BCUT2D eigenvalue weighted by Crippen LogP contribution is 2.62. The molecular weight excluding hydrogens is 608 g/mol. The molecule has 11 nitrogen and oxygen atoms in total. The van der Waals surface area contributed by atoms with Gasteiger partial charge in [-0.05, 0) is 56.6 Å². The largest absolute Gasteiger partial charge is 0.506 e. The summed E-state index contributed by atoms with van der Waals surface area (Å²) in [7, 11) is 0. The molecule has 1 aromatic carbocycles. The first-order chi connectivity index (χ1) is 20.8. The minimum atomic E-state index is -1.83. The fourth-order valence-electron chi connectivity index (χ4n) is 6.60. The van der Waals surface area contributed by atoms with Gasteiger partial charge in [-0.2, -0.15) is 0 Å². The van der Waals surface area contributed by atoms with E-state index in [0.29, 0.717) is 11.1 Å². The van der Waals surface area contributed by atoms with E-state index < -0.39 is 63.7 Å². The number of carbonyl (C=O) groups excluding carboxylic acids is 4. The molecule has 5 rings (SSSR count). The maximum atomic E-state index is 14.8. The molecule has 0 aliphatic carbocycles. The van der Waals surface area contributed by atoms with Crippen molar-refractivity contribution in [3.05, 3.63) is 59.6 Å². The number of carbonyl (C=O) groups is 4. The van der Waals surface area contributed by atoms with Crippen LogP contribution < -0.4 is 4.90 Å². The van der Waals surface area contributed by atoms with Crippen LogP contribution >= 0.6 is 23.5 Å². The fourth-order valence-corrected chi connectivity index (χ4v) is 8.55. The molecule has 0 radical (unpaired) electrons. The number of amides is 2. The van der Waals surface area contributed by atoms with Crippen LogP contribution in [0.15, 0.2) is 54.0 Å². The number of fused-ring (bicyclic) bond motifs is 6. The van der Waals surface area contributed by atoms with Crippen LogP contribution in [0.1, 0.15) is 45.8 Å². The van der Waals surface area contributed by atoms with Gasteiger partial charge < -0.3 is 29.7 Å². The van der Waals surface area contributed by atoms with Crippen molar-refractivity contribution in [2.24, 2.45) is 11.8 Å². The molecule has 4 heterocycles. The number of phenolic OH excluding ortho intramolecular Hbond substituents is 1. The van der Waals surface area contributed by atoms with E-state index in [0.717, 1.165) is 23.5 Å². The van der Waals surface area contributed by atoms with Crippen LogP contribution in [0.25, 0.3) is 0 Å². The number of esters is 1. The predicted octanol–water partition coefficient (Wildman–Crippen LogP) is 3.01. The number of ketones is 1. The Morgan fingerprint density at radius 2 is 1.86 bits per heavy atom. The lowest BCUT2D eigenvalue weighted by molar-refractivity contribution is -0.163. The number of anilines is 1. The summed E-state index contributed by atoms with van der Waals surface area (Å²) in [4.78, 5) is 54.8. The lowest BCUT2D eigenvalue weighted by Crippen LogP contribution is -2.75. The molecule has 2 amide bonds. The molecule has 44 heavy (non-hydrogen) atoms. The van der Waals surface area contributed by atoms with E-state index in [-0.39, 0.29) is 29.2 Å². The van der Waals surface area contributed by atoms with Crippen LogP contribution in [-0.4, -0.2) is 84.3 Å². The molecule has 0 unspecified atom stereocenters. The number of Topliss-reactive ketones (excluding diaryl/α,β-unsaturated/α-hetero) is 1. The van der Waals surface area contributed by atoms with Crippen molar-refractivity contribution in [2.45, 2.75) is 68.2 Å². The van der Waals surface area contributed by atoms with Crippen LogP contribution in [0.5, 0.6) is 5.75 Å². The number of aromatic hydroxyl groups is 1. The number of allylic oxidation sites excluding steroid dienone is 2. The van der Waals surface area contributed by atoms with E-state index >= 15 is 0 Å². The molecule has 0 bridgehead atoms. The van der Waals surface area contributed by atoms with Gasteiger partial charge in [0.1, 0.15) is 18.0 Å². The zero-order valence-corrected chi connectivity index (χ0v) is 26.8. The second-order valence-corrected chi connectivity index (χ2v) is 13.5. The highest BCUT2D eigenvalue weighted by atomic mass is 32.2. The van der Waals surface area contributed by atoms with Gasteiger partial charge in [0.15, 0.2) is 10.7 Å². The van der Waals surface area contributed by atoms with Gasteiger partial charge in [-0.3, -0.25) is 24.1 Å². The standard InChI is InChI=1S/C31H36N2O9S2/c1-7-15(2)24(35)16(3)25(36)17(4)27(38)42-21-11-12-41-14-18-13-30(43-5)28(39)33-23-19(9-8-10-20(23)34)26(37)31(33,44-6)29(40)32(30)22(18)21/h7-12,14,16-17,21-22,25-26,34,36-37H,13H2,1-6H3/t16-,17+,21-,22-,25+,26+,30+,31+/m0/s1. The number of nitrogens with zero attached hydrogens (tertiary/aromatic N) is 2. The number of hydrogen-bond acceptors (Lipinski definition) is 11. The van der Waals surface area contributed by atoms with Gasteiger partial charge >= 0.3 is 5.97 Å². The predicted molar refractivity (Wildman–Crippen MR) is 165 cm³/mol. The van der Waals surface area contributed by atoms with Crippen molar-refractivity contribution < 1.29 is 44.0 Å². The van der Waals surface area contributed by atoms with Crippen molar-refractivity contribution in [1.82, 2.24) is 4.90 Å². The van der Waals surface area contributed by atoms with Gasteiger partial charge in [-0.1, -0.05) is 25.1 Å². The third-order valence-corrected chi connectivity index (χ3v) is 11.6. The summed E-state index contributed by atoms with van der Waals surface area (Å²) in [6.07, 6.45) is 5.24. The molecular formula is C31H36N2O9S2. The Balaban J connectivity index is 1.53. The fraction of sp³-hybridized carbons (Fsp3) is 0.484. The Morgan fingerprint density at radius 3 is 2.50 bits per heavy atom. The molecule has 0 spiro atoms. The quantitative estimate of drug-likeness (QED) is 0.283. The summed E-state index contributed by atoms with van der Waals surface area (Å²) in [5.41, 5.74) is 1.31. The van der Waals surface area contributed by atoms with Crippen molar-refractivity contribution in [3.8, 4) is 5.75 Å². The molecule has 1 aromatic rings. The molecule has 13 heteroatoms. The second kappa shape index (κ2) is 11.6. The Labute approximate surface area is 263 Å². The number of aliphatic hydroxyl groups is 2. The third kappa shape index (κ3) is 4.34. The number of rotatable bonds is 8. The molecule has 4 aliphatic rings. The molecule has 0 saturated carbocycles. The van der Waals surface area contributed by atoms with Crippen LogP contribution in [0.2, 0.25) is 0 Å². The van der Waals surface area contributed by atoms with Gasteiger partial charge in [-0.15, -0.1) is 23.5 Å². The Hall–Kier alpha value is -3.26. The van der Waals surface area contributed by atoms with Crippen molar-refractivity contribution in [2.75, 3.05) is 17.4 Å². The first kappa shape index (κ1) is 32.1. The number of benzene rings is 1. The normalized spacial score (nSPS) is 31.1. The van der Waals surface area contributed by atoms with E-state index in [1.54, 1.807) is 45.4 Å². The monoisotopic (exact) mass is 644 g/mol. The number of para-hydroxylation sites is 1. The van der Waals surface area contributed by atoms with E-state index in [2.05, 4.69) is 0 Å². The summed E-state index contributed by atoms with van der Waals surface area (Å²) in [5.74, 6) is -4.42. The van der Waals surface area contributed by atoms with Gasteiger partial charge in [0.2, 0.25) is 4.87 Å². The van der Waals surface area contributed by atoms with Gasteiger partial charge in [0.05, 0.1) is 36.3 Å². The number of hydrogen-bond donors (Lipinski definition) is 3. The zero-order valence-electron chi connectivity index (χ0n) is 25.2. The summed E-state index contributed by atoms with van der Waals surface area (Å²) >= 11 is 2.11. The smallest absolute Gasteiger partial charge is 0.311 e. The Bertz CT molecular complexity index is 1510. The average Bonchev–Trinajstić information content (AvgIpc) is 3.43. The topological polar surface area (TPSA) is 154 Å². The average molecular weight is 645 g/mol. The zero-order chi connectivity index (χ0) is 32.3. The lowest BCUT2D eigenvalue weighted by Gasteiger charge is -2.53. The second-order valence-electron chi connectivity index (χ2n) is 11.4. The number of piperazine rings is 1. The summed E-state index contributed by atoms with van der Waals surface area (Å²) in [5, 5.41) is 33.3. The number of phenols is 1. The van der Waals surface area contributed by atoms with Gasteiger partial charge in [0, 0.05) is 17.9 Å². The van der Waals surface area contributed by atoms with Crippen molar-refractivity contribution in [1.29, 1.82) is 0 Å². The first-order valence-electron chi connectivity index (χ1n) is 14.2. The van der Waals surface area contributed by atoms with Gasteiger partial charge in [-0.25, -0.2) is 0 Å². The molecule has 2 saturated heterocycles. The van der Waals surface area contributed by atoms with Crippen LogP contribution in [-0.2, 0) is 28.7 Å². The highest BCUT2D eigenvalue weighted by molar-refractivity contribution is 8.01. The molecule has 236 valence electrons. The summed E-state index contributed by atoms with van der Waals surface area (Å²) in [6, 6.07) is 3.53. The molecule has 2 fully saturated rings. The van der Waals surface area contributed by atoms with E-state index in [4.69, 9.17) is 9.47 Å².